The molecule has 2 aliphatic rings. The summed E-state index contributed by atoms with van der Waals surface area (Å²) in [5, 5.41) is 15.4. The molecule has 1 aromatic rings. The van der Waals surface area contributed by atoms with Gasteiger partial charge in [-0.15, -0.1) is 0 Å². The summed E-state index contributed by atoms with van der Waals surface area (Å²) in [7, 11) is 0. The van der Waals surface area contributed by atoms with Crippen molar-refractivity contribution < 1.29 is 14.7 Å². The number of carboxylic acid groups (broad SMARTS) is 1. The van der Waals surface area contributed by atoms with Gasteiger partial charge in [0.2, 0.25) is 5.91 Å². The molecular formula is C21H25N3O3. The predicted molar refractivity (Wildman–Crippen MR) is 106 cm³/mol. The van der Waals surface area contributed by atoms with Crippen LogP contribution in [0.5, 0.6) is 0 Å². The Bertz CT molecular complexity index is 796. The molecule has 0 bridgehead atoms. The Kier molecular flexibility index (Phi) is 6.41. The van der Waals surface area contributed by atoms with Gasteiger partial charge >= 0.3 is 5.97 Å². The number of aliphatic carboxylic acids is 1. The van der Waals surface area contributed by atoms with E-state index in [1.807, 2.05) is 42.5 Å². The SMILES string of the molecule is O=C(O)CC1C=C(CC(=O)NCCCC2=NCCN2)C=Cc2ccccc21. The van der Waals surface area contributed by atoms with E-state index in [1.54, 1.807) is 0 Å². The van der Waals surface area contributed by atoms with Crippen molar-refractivity contribution in [1.82, 2.24) is 10.6 Å². The molecule has 3 rings (SSSR count). The number of carbonyl (C=O) groups excluding carboxylic acids is 1. The van der Waals surface area contributed by atoms with Gasteiger partial charge in [0.05, 0.1) is 25.2 Å². The van der Waals surface area contributed by atoms with E-state index < -0.39 is 5.97 Å². The number of amidine groups is 1. The maximum absolute atomic E-state index is 12.3. The fraction of sp³-hybridized carbons (Fsp3) is 0.381. The molecule has 142 valence electrons. The summed E-state index contributed by atoms with van der Waals surface area (Å²) in [6, 6.07) is 7.77. The average Bonchev–Trinajstić information content (AvgIpc) is 3.10. The molecular weight excluding hydrogens is 342 g/mol. The van der Waals surface area contributed by atoms with Crippen molar-refractivity contribution in [3.05, 3.63) is 53.1 Å². The first-order chi connectivity index (χ1) is 13.1. The number of allylic oxidation sites excluding steroid dienone is 2. The largest absolute Gasteiger partial charge is 0.481 e. The lowest BCUT2D eigenvalue weighted by molar-refractivity contribution is -0.137. The van der Waals surface area contributed by atoms with Crippen LogP contribution in [0.3, 0.4) is 0 Å². The third-order valence-corrected chi connectivity index (χ3v) is 4.70. The van der Waals surface area contributed by atoms with Gasteiger partial charge in [0.25, 0.3) is 0 Å². The Morgan fingerprint density at radius 1 is 1.26 bits per heavy atom. The molecule has 0 aromatic heterocycles. The molecule has 0 fully saturated rings. The lowest BCUT2D eigenvalue weighted by Gasteiger charge is -2.13. The minimum atomic E-state index is -0.847. The highest BCUT2D eigenvalue weighted by molar-refractivity contribution is 5.83. The third kappa shape index (κ3) is 5.54. The fourth-order valence-corrected chi connectivity index (χ4v) is 3.42. The summed E-state index contributed by atoms with van der Waals surface area (Å²) in [5.41, 5.74) is 2.83. The molecule has 0 saturated heterocycles. The molecule has 1 atom stereocenters. The summed E-state index contributed by atoms with van der Waals surface area (Å²) in [6.45, 7) is 2.35. The van der Waals surface area contributed by atoms with Crippen LogP contribution in [-0.2, 0) is 9.59 Å². The van der Waals surface area contributed by atoms with Gasteiger partial charge in [-0.05, 0) is 23.1 Å². The van der Waals surface area contributed by atoms with Crippen LogP contribution < -0.4 is 10.6 Å². The van der Waals surface area contributed by atoms with Crippen LogP contribution >= 0.6 is 0 Å². The molecule has 0 spiro atoms. The first-order valence-corrected chi connectivity index (χ1v) is 9.35. The number of amides is 1. The smallest absolute Gasteiger partial charge is 0.304 e. The van der Waals surface area contributed by atoms with Gasteiger partial charge in [0, 0.05) is 25.4 Å². The maximum atomic E-state index is 12.3. The van der Waals surface area contributed by atoms with Gasteiger partial charge in [-0.2, -0.15) is 0 Å². The Hall–Kier alpha value is -2.89. The first-order valence-electron chi connectivity index (χ1n) is 9.35. The third-order valence-electron chi connectivity index (χ3n) is 4.70. The molecule has 1 aromatic carbocycles. The first kappa shape index (κ1) is 18.9. The zero-order chi connectivity index (χ0) is 19.1. The number of hydrogen-bond acceptors (Lipinski definition) is 4. The summed E-state index contributed by atoms with van der Waals surface area (Å²) in [6.07, 6.45) is 7.74. The van der Waals surface area contributed by atoms with Gasteiger partial charge < -0.3 is 15.7 Å². The van der Waals surface area contributed by atoms with E-state index in [4.69, 9.17) is 0 Å². The van der Waals surface area contributed by atoms with Gasteiger partial charge in [-0.1, -0.05) is 42.5 Å². The van der Waals surface area contributed by atoms with Crippen LogP contribution in [0.15, 0.2) is 47.0 Å². The second-order valence-electron chi connectivity index (χ2n) is 6.79. The molecule has 1 heterocycles. The van der Waals surface area contributed by atoms with Crippen LogP contribution in [-0.4, -0.2) is 42.5 Å². The predicted octanol–water partition coefficient (Wildman–Crippen LogP) is 2.49. The molecule has 1 aliphatic heterocycles. The highest BCUT2D eigenvalue weighted by Crippen LogP contribution is 2.31. The van der Waals surface area contributed by atoms with Gasteiger partial charge in [0.1, 0.15) is 0 Å². The number of benzene rings is 1. The minimum Gasteiger partial charge on any atom is -0.481 e. The number of carbonyl (C=O) groups is 2. The summed E-state index contributed by atoms with van der Waals surface area (Å²) >= 11 is 0. The minimum absolute atomic E-state index is 0.0128. The van der Waals surface area contributed by atoms with Crippen LogP contribution in [0, 0.1) is 0 Å². The van der Waals surface area contributed by atoms with Crippen LogP contribution in [0.4, 0.5) is 0 Å². The Morgan fingerprint density at radius 2 is 2.11 bits per heavy atom. The molecule has 1 unspecified atom stereocenters. The highest BCUT2D eigenvalue weighted by Gasteiger charge is 2.19. The van der Waals surface area contributed by atoms with Crippen molar-refractivity contribution in [2.45, 2.75) is 31.6 Å². The molecule has 27 heavy (non-hydrogen) atoms. The number of aliphatic imine (C=N–C) groups is 1. The lowest BCUT2D eigenvalue weighted by Crippen LogP contribution is -2.26. The Labute approximate surface area is 159 Å². The van der Waals surface area contributed by atoms with Crippen molar-refractivity contribution in [2.75, 3.05) is 19.6 Å². The second-order valence-corrected chi connectivity index (χ2v) is 6.79. The zero-order valence-electron chi connectivity index (χ0n) is 15.3. The number of nitrogens with zero attached hydrogens (tertiary/aromatic N) is 1. The lowest BCUT2D eigenvalue weighted by atomic mass is 9.91. The number of carboxylic acids is 1. The number of fused-ring (bicyclic) bond motifs is 1. The highest BCUT2D eigenvalue weighted by atomic mass is 16.4. The van der Waals surface area contributed by atoms with E-state index in [0.29, 0.717) is 6.54 Å². The van der Waals surface area contributed by atoms with Crippen molar-refractivity contribution >= 4 is 23.8 Å². The van der Waals surface area contributed by atoms with Crippen molar-refractivity contribution in [3.63, 3.8) is 0 Å². The number of rotatable bonds is 8. The quantitative estimate of drug-likeness (QED) is 0.616. The Balaban J connectivity index is 1.57. The summed E-state index contributed by atoms with van der Waals surface area (Å²) < 4.78 is 0. The molecule has 1 aliphatic carbocycles. The molecule has 1 amide bonds. The van der Waals surface area contributed by atoms with E-state index >= 15 is 0 Å². The van der Waals surface area contributed by atoms with Crippen LogP contribution in [0.1, 0.15) is 42.7 Å². The van der Waals surface area contributed by atoms with Crippen LogP contribution in [0.25, 0.3) is 6.08 Å². The van der Waals surface area contributed by atoms with Gasteiger partial charge in [-0.25, -0.2) is 0 Å². The van der Waals surface area contributed by atoms with Gasteiger partial charge in [-0.3, -0.25) is 14.6 Å². The zero-order valence-corrected chi connectivity index (χ0v) is 15.3. The van der Waals surface area contributed by atoms with Crippen molar-refractivity contribution in [3.8, 4) is 0 Å². The maximum Gasteiger partial charge on any atom is 0.304 e. The average molecular weight is 367 g/mol. The van der Waals surface area contributed by atoms with E-state index in [9.17, 15) is 14.7 Å². The van der Waals surface area contributed by atoms with E-state index in [0.717, 1.165) is 48.5 Å². The molecule has 6 heteroatoms. The Morgan fingerprint density at radius 3 is 2.89 bits per heavy atom. The number of hydrogen-bond donors (Lipinski definition) is 3. The monoisotopic (exact) mass is 367 g/mol. The second kappa shape index (κ2) is 9.16. The van der Waals surface area contributed by atoms with Crippen molar-refractivity contribution in [1.29, 1.82) is 0 Å². The summed E-state index contributed by atoms with van der Waals surface area (Å²) in [5.74, 6) is -0.108. The number of nitrogens with one attached hydrogen (secondary N) is 2. The van der Waals surface area contributed by atoms with Gasteiger partial charge in [0.15, 0.2) is 0 Å². The topological polar surface area (TPSA) is 90.8 Å². The van der Waals surface area contributed by atoms with Crippen LogP contribution in [0.2, 0.25) is 0 Å². The molecule has 3 N–H and O–H groups in total. The molecule has 0 radical (unpaired) electrons. The van der Waals surface area contributed by atoms with E-state index in [-0.39, 0.29) is 24.7 Å². The van der Waals surface area contributed by atoms with Crippen molar-refractivity contribution in [2.24, 2.45) is 4.99 Å². The normalized spacial score (nSPS) is 18.0. The molecule has 0 saturated carbocycles. The molecule has 6 nitrogen and oxygen atoms in total. The standard InChI is InChI=1S/C21H25N3O3/c25-20(24-9-3-6-19-22-10-11-23-19)13-15-7-8-16-4-1-2-5-18(16)17(12-15)14-21(26)27/h1-2,4-5,7-8,12,17H,3,6,9-11,13-14H2,(H,22,23)(H,24,25)(H,26,27). The summed E-state index contributed by atoms with van der Waals surface area (Å²) in [4.78, 5) is 27.9. The van der Waals surface area contributed by atoms with E-state index in [1.165, 1.54) is 0 Å². The van der Waals surface area contributed by atoms with E-state index in [2.05, 4.69) is 15.6 Å². The fourth-order valence-electron chi connectivity index (χ4n) is 3.42.